The molecule has 4 atom stereocenters. The van der Waals surface area contributed by atoms with Gasteiger partial charge >= 0.3 is 68.2 Å². The first-order valence-electron chi connectivity index (χ1n) is 28.0. The molecule has 4 N–H and O–H groups in total. The van der Waals surface area contributed by atoms with Crippen molar-refractivity contribution < 1.29 is 129 Å². The van der Waals surface area contributed by atoms with Crippen LogP contribution in [0.1, 0.15) is 145 Å². The molecule has 0 saturated carbocycles. The Bertz CT molecular complexity index is 3820. The van der Waals surface area contributed by atoms with Crippen molar-refractivity contribution in [3.05, 3.63) is 232 Å². The van der Waals surface area contributed by atoms with Crippen LogP contribution < -0.4 is 45.5 Å². The quantitative estimate of drug-likeness (QED) is 0.0126. The maximum absolute atomic E-state index is 12.8. The number of rotatable bonds is 17. The van der Waals surface area contributed by atoms with Gasteiger partial charge < -0.3 is 64.4 Å². The van der Waals surface area contributed by atoms with E-state index in [1.165, 1.54) is 32.0 Å². The van der Waals surface area contributed by atoms with Gasteiger partial charge in [-0.05, 0) is 180 Å². The number of hydrogen-bond acceptors (Lipinski definition) is 18. The van der Waals surface area contributed by atoms with Gasteiger partial charge in [-0.25, -0.2) is 23.3 Å². The predicted octanol–water partition coefficient (Wildman–Crippen LogP) is 14.8. The van der Waals surface area contributed by atoms with E-state index in [0.717, 1.165) is 32.2 Å². The molecule has 0 spiro atoms. The molecule has 2 aliphatic heterocycles. The fourth-order valence-electron chi connectivity index (χ4n) is 8.39. The minimum atomic E-state index is -0.732. The molecule has 4 amide bonds. The average molecular weight is 1860 g/mol. The third kappa shape index (κ3) is 25.2. The largest absolute Gasteiger partial charge is 2.00 e. The molecule has 2 aliphatic rings. The number of nitrogens with two attached hydrogens (primary N) is 2. The number of benzene rings is 8. The van der Waals surface area contributed by atoms with Gasteiger partial charge in [0.2, 0.25) is 25.4 Å². The summed E-state index contributed by atoms with van der Waals surface area (Å²) in [6, 6.07) is 52.6. The summed E-state index contributed by atoms with van der Waals surface area (Å²) in [7, 11) is 5.09. The van der Waals surface area contributed by atoms with Crippen molar-refractivity contribution in [3.8, 4) is 23.0 Å². The molecule has 0 fully saturated rings. The Balaban J connectivity index is 0.000000458. The van der Waals surface area contributed by atoms with Crippen LogP contribution in [0.3, 0.4) is 0 Å². The zero-order valence-corrected chi connectivity index (χ0v) is 66.4. The number of carbonyl (C=O) groups is 8. The Morgan fingerprint density at radius 3 is 1.27 bits per heavy atom. The molecule has 18 nitrogen and oxygen atoms in total. The van der Waals surface area contributed by atoms with E-state index in [4.69, 9.17) is 52.1 Å². The number of aryl methyl sites for hydroxylation is 1. The molecular weight excluding hydrogens is 1780 g/mol. The number of nitrogen functional groups attached to an aromatic ring is 2. The van der Waals surface area contributed by atoms with Gasteiger partial charge in [0.05, 0.1) is 34.7 Å². The first-order chi connectivity index (χ1) is 43.7. The summed E-state index contributed by atoms with van der Waals surface area (Å²) in [6.07, 6.45) is -0.484. The average Bonchev–Trinajstić information content (AvgIpc) is 1.63. The molecule has 0 radical (unpaired) electrons. The summed E-state index contributed by atoms with van der Waals surface area (Å²) in [5, 5.41) is 0.931. The Labute approximate surface area is 626 Å². The first kappa shape index (κ1) is 85.7. The van der Waals surface area contributed by atoms with Crippen LogP contribution in [0.2, 0.25) is 0 Å². The Hall–Kier alpha value is -6.36. The Morgan fingerprint density at radius 2 is 0.865 bits per heavy atom. The molecule has 8 aromatic carbocycles. The van der Waals surface area contributed by atoms with Gasteiger partial charge in [0.25, 0.3) is 17.8 Å². The summed E-state index contributed by atoms with van der Waals surface area (Å²) in [5.74, 6) is -0.343. The number of anilines is 4. The van der Waals surface area contributed by atoms with Gasteiger partial charge in [-0.2, -0.15) is 48.5 Å². The zero-order valence-electron chi connectivity index (χ0n) is 52.4. The SMILES string of the molecule is C.C.CC(=O)c1ccc(P(P)[S-])cc1C(C)=O.CC(C)OC(=O)c1c[c-]ccc1C(=O)OC(C)C.CP(P)[S-].Cc1ccc2c(c1)C(=O)N(c1ccc(OCOc3ccc(N4C(=O)c5c[c-]ccc5C4=O)cc3)cc1)C2=O.Nc1ccc(OCOc2ccc(N)cc2)cc1.[U+2].[U+2]. The molecule has 0 aliphatic carbocycles. The molecule has 0 saturated heterocycles. The number of fused-ring (bicyclic) bond motifs is 2. The first-order valence-corrected chi connectivity index (χ1v) is 36.4. The van der Waals surface area contributed by atoms with Crippen LogP contribution >= 0.6 is 31.5 Å². The van der Waals surface area contributed by atoms with E-state index >= 15 is 0 Å². The summed E-state index contributed by atoms with van der Waals surface area (Å²) in [5.41, 5.74) is 17.1. The van der Waals surface area contributed by atoms with Gasteiger partial charge in [-0.3, -0.25) is 38.5 Å². The van der Waals surface area contributed by atoms with E-state index in [9.17, 15) is 38.4 Å². The van der Waals surface area contributed by atoms with Gasteiger partial charge in [0.1, 0.15) is 23.0 Å². The van der Waals surface area contributed by atoms with E-state index < -0.39 is 24.7 Å². The van der Waals surface area contributed by atoms with Crippen LogP contribution in [-0.4, -0.2) is 79.6 Å². The minimum Gasteiger partial charge on any atom is -0.755 e. The number of imide groups is 2. The summed E-state index contributed by atoms with van der Waals surface area (Å²) < 4.78 is 32.2. The van der Waals surface area contributed by atoms with Crippen molar-refractivity contribution in [3.63, 3.8) is 0 Å². The number of Topliss-reactive ketones (excluding diaryl/α,β-unsaturated/α-hetero) is 2. The summed E-state index contributed by atoms with van der Waals surface area (Å²) in [4.78, 5) is 99.3. The van der Waals surface area contributed by atoms with Gasteiger partial charge in [-0.1, -0.05) is 56.4 Å². The van der Waals surface area contributed by atoms with E-state index in [1.54, 1.807) is 173 Å². The Kier molecular flexibility index (Phi) is 37.3. The fraction of sp³-hybridized carbons (Fsp3) is 0.200. The molecule has 8 aromatic rings. The molecule has 4 unspecified atom stereocenters. The van der Waals surface area contributed by atoms with E-state index in [-0.39, 0.29) is 150 Å². The third-order valence-corrected chi connectivity index (χ3v) is 14.9. The van der Waals surface area contributed by atoms with Gasteiger partial charge in [0.15, 0.2) is 11.6 Å². The molecule has 26 heteroatoms. The standard InChI is InChI=1S/C30H19N2O6.C14H17O4.C13H14N2O2.C10H11O2P2S.CH5P2S.2CH4.2U/c1-18-6-15-25-26(16-18)30(36)32(29(25)35)20-9-13-22(14-10-20)38-17-37-21-11-7-19(8-12-21)31-27(33)23-4-2-3-5-24(23)28(31)34;1-9(2)17-13(15)11-7-5-6-8-12(11)14(16)18-10(3)4;14-10-1-5-12(6-2-10)16-9-17-13-7-3-11(15)4-8-13;1-6(11)9-4-3-8(14(13)15)5-10(9)7(2)12;1-3(2)4;;;;/h2,4-16H,17H2,1H3;5,7-10H,1-4H3;1-8H,9,14-15H2;3-5H,13H2,1-2H3;2H2,1H3;2*1H4;;/q2*-1;;2*-1;;;2*+2. The normalized spacial score (nSPS) is 11.9. The topological polar surface area (TPSA) is 250 Å². The predicted molar refractivity (Wildman–Crippen MR) is 385 cm³/mol. The van der Waals surface area contributed by atoms with Crippen LogP contribution in [-0.2, 0) is 34.0 Å². The maximum atomic E-state index is 12.8. The second-order valence-electron chi connectivity index (χ2n) is 20.4. The number of hydrogen-bond donors (Lipinski definition) is 2. The van der Waals surface area contributed by atoms with Crippen molar-refractivity contribution in [1.29, 1.82) is 0 Å². The minimum absolute atomic E-state index is 0. The van der Waals surface area contributed by atoms with Crippen molar-refractivity contribution in [2.24, 2.45) is 0 Å². The molecule has 498 valence electrons. The number of esters is 2. The van der Waals surface area contributed by atoms with E-state index in [2.05, 4.69) is 42.2 Å². The van der Waals surface area contributed by atoms with Crippen molar-refractivity contribution >= 4 is 131 Å². The molecule has 96 heavy (non-hydrogen) atoms. The Morgan fingerprint density at radius 1 is 0.490 bits per heavy atom. The second-order valence-corrected chi connectivity index (χ2v) is 31.7. The smallest absolute Gasteiger partial charge is 0.755 e. The number of amides is 4. The molecule has 0 bridgehead atoms. The zero-order chi connectivity index (χ0) is 67.3. The number of ether oxygens (including phenoxy) is 6. The van der Waals surface area contributed by atoms with Crippen molar-refractivity contribution in [1.82, 2.24) is 0 Å². The van der Waals surface area contributed by atoms with Crippen LogP contribution in [0.25, 0.3) is 0 Å². The van der Waals surface area contributed by atoms with Gasteiger partial charge in [0, 0.05) is 22.5 Å². The van der Waals surface area contributed by atoms with Crippen LogP contribution in [0, 0.1) is 81.3 Å². The van der Waals surface area contributed by atoms with Crippen LogP contribution in [0.5, 0.6) is 23.0 Å². The number of carbonyl (C=O) groups excluding carboxylic acids is 8. The molecule has 2 heterocycles. The summed E-state index contributed by atoms with van der Waals surface area (Å²) >= 11 is 9.78. The van der Waals surface area contributed by atoms with Gasteiger partial charge in [-0.15, -0.1) is 17.9 Å². The molecule has 10 rings (SSSR count). The molecular formula is C70H74N4O14P4S2U2. The van der Waals surface area contributed by atoms with E-state index in [0.29, 0.717) is 67.6 Å². The maximum Gasteiger partial charge on any atom is 2.00 e. The van der Waals surface area contributed by atoms with Crippen molar-refractivity contribution in [2.75, 3.05) is 41.5 Å². The second kappa shape index (κ2) is 41.8. The van der Waals surface area contributed by atoms with Crippen LogP contribution in [0.4, 0.5) is 22.7 Å². The monoisotopic (exact) mass is 1860 g/mol. The van der Waals surface area contributed by atoms with Crippen molar-refractivity contribution in [2.45, 2.75) is 75.5 Å². The number of nitrogens with zero attached hydrogens (tertiary/aromatic N) is 2. The number of ketones is 2. The van der Waals surface area contributed by atoms with Crippen LogP contribution in [0.15, 0.2) is 170 Å². The fourth-order valence-corrected chi connectivity index (χ4v) is 9.69. The summed E-state index contributed by atoms with van der Waals surface area (Å²) in [6.45, 7) is 13.0. The van der Waals surface area contributed by atoms with E-state index in [1.807, 2.05) is 19.7 Å². The third-order valence-electron chi connectivity index (χ3n) is 12.6. The molecule has 0 aromatic heterocycles.